The van der Waals surface area contributed by atoms with E-state index in [2.05, 4.69) is 21.2 Å². The summed E-state index contributed by atoms with van der Waals surface area (Å²) < 4.78 is 23.6. The Morgan fingerprint density at radius 2 is 2.17 bits per heavy atom. The maximum atomic E-state index is 12.0. The number of carbonyl (C=O) groups excluding carboxylic acids is 1. The Bertz CT molecular complexity index is 583. The lowest BCUT2D eigenvalue weighted by Gasteiger charge is -2.11. The lowest BCUT2D eigenvalue weighted by molar-refractivity contribution is -0.119. The molecule has 0 unspecified atom stereocenters. The van der Waals surface area contributed by atoms with Crippen LogP contribution >= 0.6 is 15.9 Å². The summed E-state index contributed by atoms with van der Waals surface area (Å²) in [6.45, 7) is 1.89. The molecular formula is C12H14BrNO3S. The van der Waals surface area contributed by atoms with Gasteiger partial charge in [0.05, 0.1) is 17.4 Å². The van der Waals surface area contributed by atoms with Crippen molar-refractivity contribution in [1.82, 2.24) is 0 Å². The fourth-order valence-electron chi connectivity index (χ4n) is 2.00. The van der Waals surface area contributed by atoms with E-state index in [0.29, 0.717) is 6.42 Å². The minimum Gasteiger partial charge on any atom is -0.326 e. The van der Waals surface area contributed by atoms with E-state index in [1.807, 2.05) is 19.1 Å². The normalized spacial score (nSPS) is 21.8. The minimum atomic E-state index is -3.02. The largest absolute Gasteiger partial charge is 0.326 e. The lowest BCUT2D eigenvalue weighted by Crippen LogP contribution is -2.24. The summed E-state index contributed by atoms with van der Waals surface area (Å²) >= 11 is 3.35. The predicted octanol–water partition coefficient (Wildman–Crippen LogP) is 2.13. The summed E-state index contributed by atoms with van der Waals surface area (Å²) in [5, 5.41) is 2.79. The van der Waals surface area contributed by atoms with E-state index in [1.54, 1.807) is 6.07 Å². The van der Waals surface area contributed by atoms with Crippen LogP contribution in [0.5, 0.6) is 0 Å². The van der Waals surface area contributed by atoms with Crippen molar-refractivity contribution in [3.05, 3.63) is 28.2 Å². The molecule has 0 radical (unpaired) electrons. The molecule has 0 aliphatic carbocycles. The number of benzene rings is 1. The van der Waals surface area contributed by atoms with Crippen molar-refractivity contribution in [2.45, 2.75) is 13.3 Å². The van der Waals surface area contributed by atoms with Crippen molar-refractivity contribution >= 4 is 37.4 Å². The quantitative estimate of drug-likeness (QED) is 0.902. The molecule has 2 rings (SSSR count). The van der Waals surface area contributed by atoms with Crippen molar-refractivity contribution in [3.8, 4) is 0 Å². The molecule has 1 N–H and O–H groups in total. The molecule has 18 heavy (non-hydrogen) atoms. The van der Waals surface area contributed by atoms with Crippen molar-refractivity contribution in [2.24, 2.45) is 5.92 Å². The van der Waals surface area contributed by atoms with Crippen LogP contribution in [-0.4, -0.2) is 25.8 Å². The molecule has 0 saturated carbocycles. The Kier molecular flexibility index (Phi) is 3.77. The van der Waals surface area contributed by atoms with Gasteiger partial charge >= 0.3 is 0 Å². The van der Waals surface area contributed by atoms with Gasteiger partial charge in [0, 0.05) is 10.2 Å². The molecule has 1 aromatic rings. The first-order valence-corrected chi connectivity index (χ1v) is 8.26. The minimum absolute atomic E-state index is 0.0333. The fourth-order valence-corrected chi connectivity index (χ4v) is 4.22. The van der Waals surface area contributed by atoms with E-state index in [9.17, 15) is 13.2 Å². The second-order valence-electron chi connectivity index (χ2n) is 4.55. The zero-order chi connectivity index (χ0) is 13.3. The number of rotatable bonds is 2. The Morgan fingerprint density at radius 1 is 1.44 bits per heavy atom. The second-order valence-corrected chi connectivity index (χ2v) is 7.69. The number of hydrogen-bond acceptors (Lipinski definition) is 3. The first-order chi connectivity index (χ1) is 8.37. The average Bonchev–Trinajstić information content (AvgIpc) is 2.63. The van der Waals surface area contributed by atoms with Crippen LogP contribution in [0.2, 0.25) is 0 Å². The zero-order valence-electron chi connectivity index (χ0n) is 9.94. The van der Waals surface area contributed by atoms with Crippen LogP contribution in [0.4, 0.5) is 5.69 Å². The smallest absolute Gasteiger partial charge is 0.228 e. The standard InChI is InChI=1S/C12H14BrNO3S/c1-8-6-10(13)2-3-11(8)14-12(15)9-4-5-18(16,17)7-9/h2-3,6,9H,4-5,7H2,1H3,(H,14,15)/t9-/m1/s1. The van der Waals surface area contributed by atoms with Gasteiger partial charge in [-0.1, -0.05) is 15.9 Å². The molecule has 98 valence electrons. The molecule has 1 aliphatic rings. The zero-order valence-corrected chi connectivity index (χ0v) is 12.3. The third kappa shape index (κ3) is 3.11. The van der Waals surface area contributed by atoms with Gasteiger partial charge in [0.25, 0.3) is 0 Å². The molecule has 0 bridgehead atoms. The monoisotopic (exact) mass is 331 g/mol. The molecule has 1 atom stereocenters. The van der Waals surface area contributed by atoms with Crippen LogP contribution in [0.3, 0.4) is 0 Å². The van der Waals surface area contributed by atoms with E-state index >= 15 is 0 Å². The van der Waals surface area contributed by atoms with Gasteiger partial charge in [0.2, 0.25) is 5.91 Å². The van der Waals surface area contributed by atoms with Crippen LogP contribution in [0.25, 0.3) is 0 Å². The SMILES string of the molecule is Cc1cc(Br)ccc1NC(=O)[C@@H]1CCS(=O)(=O)C1. The van der Waals surface area contributed by atoms with Crippen LogP contribution in [0.1, 0.15) is 12.0 Å². The second kappa shape index (κ2) is 5.01. The molecular weight excluding hydrogens is 318 g/mol. The van der Waals surface area contributed by atoms with E-state index in [-0.39, 0.29) is 17.4 Å². The third-order valence-electron chi connectivity index (χ3n) is 3.05. The van der Waals surface area contributed by atoms with Gasteiger partial charge in [-0.3, -0.25) is 4.79 Å². The molecule has 1 saturated heterocycles. The summed E-state index contributed by atoms with van der Waals surface area (Å²) in [7, 11) is -3.02. The van der Waals surface area contributed by atoms with Gasteiger partial charge < -0.3 is 5.32 Å². The van der Waals surface area contributed by atoms with Crippen molar-refractivity contribution in [1.29, 1.82) is 0 Å². The summed E-state index contributed by atoms with van der Waals surface area (Å²) in [4.78, 5) is 12.0. The highest BCUT2D eigenvalue weighted by Crippen LogP contribution is 2.23. The number of sulfone groups is 1. The van der Waals surface area contributed by atoms with Crippen molar-refractivity contribution in [3.63, 3.8) is 0 Å². The highest BCUT2D eigenvalue weighted by atomic mass is 79.9. The van der Waals surface area contributed by atoms with Crippen molar-refractivity contribution < 1.29 is 13.2 Å². The van der Waals surface area contributed by atoms with E-state index < -0.39 is 15.8 Å². The predicted molar refractivity (Wildman–Crippen MR) is 74.3 cm³/mol. The van der Waals surface area contributed by atoms with Crippen molar-refractivity contribution in [2.75, 3.05) is 16.8 Å². The molecule has 4 nitrogen and oxygen atoms in total. The number of amides is 1. The van der Waals surface area contributed by atoms with Gasteiger partial charge in [-0.05, 0) is 37.1 Å². The summed E-state index contributed by atoms with van der Waals surface area (Å²) in [6, 6.07) is 5.55. The molecule has 1 heterocycles. The number of nitrogens with one attached hydrogen (secondary N) is 1. The van der Waals surface area contributed by atoms with Crippen LogP contribution in [0, 0.1) is 12.8 Å². The highest BCUT2D eigenvalue weighted by molar-refractivity contribution is 9.10. The molecule has 1 amide bonds. The Morgan fingerprint density at radius 3 is 2.72 bits per heavy atom. The molecule has 0 spiro atoms. The number of carbonyl (C=O) groups is 1. The molecule has 1 aromatic carbocycles. The summed E-state index contributed by atoms with van der Waals surface area (Å²) in [5.41, 5.74) is 1.67. The highest BCUT2D eigenvalue weighted by Gasteiger charge is 2.33. The molecule has 0 aromatic heterocycles. The number of aryl methyl sites for hydroxylation is 1. The first-order valence-electron chi connectivity index (χ1n) is 5.65. The number of anilines is 1. The third-order valence-corrected chi connectivity index (χ3v) is 5.31. The van der Waals surface area contributed by atoms with Gasteiger partial charge in [-0.25, -0.2) is 8.42 Å². The van der Waals surface area contributed by atoms with E-state index in [0.717, 1.165) is 15.7 Å². The van der Waals surface area contributed by atoms with Gasteiger partial charge in [0.1, 0.15) is 0 Å². The Labute approximate surface area is 115 Å². The molecule has 6 heteroatoms. The number of hydrogen-bond donors (Lipinski definition) is 1. The topological polar surface area (TPSA) is 63.2 Å². The van der Waals surface area contributed by atoms with Gasteiger partial charge in [0.15, 0.2) is 9.84 Å². The first kappa shape index (κ1) is 13.5. The average molecular weight is 332 g/mol. The summed E-state index contributed by atoms with van der Waals surface area (Å²) in [6.07, 6.45) is 0.420. The van der Waals surface area contributed by atoms with E-state index in [4.69, 9.17) is 0 Å². The maximum Gasteiger partial charge on any atom is 0.228 e. The Hall–Kier alpha value is -0.880. The molecule has 1 aliphatic heterocycles. The lowest BCUT2D eigenvalue weighted by atomic mass is 10.1. The van der Waals surface area contributed by atoms with Gasteiger partial charge in [-0.15, -0.1) is 0 Å². The fraction of sp³-hybridized carbons (Fsp3) is 0.417. The van der Waals surface area contributed by atoms with Crippen LogP contribution in [0.15, 0.2) is 22.7 Å². The summed E-state index contributed by atoms with van der Waals surface area (Å²) in [5.74, 6) is -0.543. The van der Waals surface area contributed by atoms with E-state index in [1.165, 1.54) is 0 Å². The maximum absolute atomic E-state index is 12.0. The molecule has 1 fully saturated rings. The van der Waals surface area contributed by atoms with Crippen LogP contribution in [-0.2, 0) is 14.6 Å². The van der Waals surface area contributed by atoms with Crippen LogP contribution < -0.4 is 5.32 Å². The number of halogens is 1. The van der Waals surface area contributed by atoms with Gasteiger partial charge in [-0.2, -0.15) is 0 Å². The Balaban J connectivity index is 2.08.